The minimum absolute atomic E-state index is 0.130. The van der Waals surface area contributed by atoms with Crippen molar-refractivity contribution in [1.82, 2.24) is 14.8 Å². The molecule has 1 heterocycles. The van der Waals surface area contributed by atoms with Gasteiger partial charge in [0.2, 0.25) is 5.91 Å². The number of hydrogen-bond acceptors (Lipinski definition) is 5. The molecule has 2 aromatic carbocycles. The maximum atomic E-state index is 12.4. The summed E-state index contributed by atoms with van der Waals surface area (Å²) in [5, 5.41) is 13.4. The van der Waals surface area contributed by atoms with Gasteiger partial charge < -0.3 is 10.1 Å². The summed E-state index contributed by atoms with van der Waals surface area (Å²) in [6.07, 6.45) is 1.74. The average molecular weight is 512 g/mol. The Morgan fingerprint density at radius 3 is 2.56 bits per heavy atom. The predicted octanol–water partition coefficient (Wildman–Crippen LogP) is 6.35. The third kappa shape index (κ3) is 6.19. The van der Waals surface area contributed by atoms with Gasteiger partial charge in [0.15, 0.2) is 11.0 Å². The normalized spacial score (nSPS) is 10.8. The molecule has 32 heavy (non-hydrogen) atoms. The number of nitrogens with zero attached hydrogens (tertiary/aromatic N) is 3. The lowest BCUT2D eigenvalue weighted by Gasteiger charge is -2.11. The number of anilines is 1. The molecule has 0 radical (unpaired) electrons. The molecule has 6 nitrogen and oxygen atoms in total. The lowest BCUT2D eigenvalue weighted by molar-refractivity contribution is -0.113. The van der Waals surface area contributed by atoms with E-state index in [0.29, 0.717) is 39.0 Å². The molecule has 3 aromatic rings. The molecular weight excluding hydrogens is 491 g/mol. The van der Waals surface area contributed by atoms with Crippen LogP contribution in [0, 0.1) is 13.8 Å². The number of carbonyl (C=O) groups excluding carboxylic acids is 1. The lowest BCUT2D eigenvalue weighted by Crippen LogP contribution is -2.15. The fourth-order valence-corrected chi connectivity index (χ4v) is 4.22. The Hall–Kier alpha value is -2.19. The van der Waals surface area contributed by atoms with Crippen LogP contribution in [0.4, 0.5) is 5.69 Å². The molecule has 0 spiro atoms. The molecule has 0 bridgehead atoms. The number of thioether (sulfide) groups is 1. The van der Waals surface area contributed by atoms with Crippen molar-refractivity contribution in [2.75, 3.05) is 11.1 Å². The van der Waals surface area contributed by atoms with E-state index in [4.69, 9.17) is 39.5 Å². The highest BCUT2D eigenvalue weighted by Crippen LogP contribution is 2.28. The third-order valence-electron chi connectivity index (χ3n) is 4.42. The highest BCUT2D eigenvalue weighted by molar-refractivity contribution is 7.99. The molecule has 1 amide bonds. The lowest BCUT2D eigenvalue weighted by atomic mass is 10.1. The van der Waals surface area contributed by atoms with E-state index in [0.717, 1.165) is 16.1 Å². The van der Waals surface area contributed by atoms with Gasteiger partial charge in [-0.3, -0.25) is 9.36 Å². The Kier molecular flexibility index (Phi) is 8.48. The number of rotatable bonds is 9. The maximum Gasteiger partial charge on any atom is 0.234 e. The first-order chi connectivity index (χ1) is 15.3. The average Bonchev–Trinajstić information content (AvgIpc) is 3.13. The van der Waals surface area contributed by atoms with Crippen molar-refractivity contribution in [3.8, 4) is 5.75 Å². The summed E-state index contributed by atoms with van der Waals surface area (Å²) in [6, 6.07) is 8.65. The molecule has 1 aromatic heterocycles. The Morgan fingerprint density at radius 2 is 1.91 bits per heavy atom. The van der Waals surface area contributed by atoms with Crippen molar-refractivity contribution >= 4 is 58.2 Å². The summed E-state index contributed by atoms with van der Waals surface area (Å²) in [5.74, 6) is 1.23. The van der Waals surface area contributed by atoms with Gasteiger partial charge in [0.05, 0.1) is 16.5 Å². The molecule has 0 saturated carbocycles. The molecule has 1 N–H and O–H groups in total. The van der Waals surface area contributed by atoms with E-state index in [2.05, 4.69) is 22.1 Å². The van der Waals surface area contributed by atoms with Gasteiger partial charge in [-0.05, 0) is 55.3 Å². The number of halogens is 3. The van der Waals surface area contributed by atoms with Gasteiger partial charge in [0.25, 0.3) is 0 Å². The number of carbonyl (C=O) groups is 1. The second-order valence-corrected chi connectivity index (χ2v) is 9.08. The molecule has 3 rings (SSSR count). The van der Waals surface area contributed by atoms with Crippen LogP contribution in [0.15, 0.2) is 48.1 Å². The van der Waals surface area contributed by atoms with Crippen LogP contribution in [-0.4, -0.2) is 26.4 Å². The van der Waals surface area contributed by atoms with Crippen LogP contribution in [0.3, 0.4) is 0 Å². The monoisotopic (exact) mass is 510 g/mol. The number of hydrogen-bond donors (Lipinski definition) is 1. The van der Waals surface area contributed by atoms with Crippen molar-refractivity contribution in [3.63, 3.8) is 0 Å². The van der Waals surface area contributed by atoms with Crippen LogP contribution in [0.1, 0.15) is 17.0 Å². The van der Waals surface area contributed by atoms with Crippen LogP contribution in [0.25, 0.3) is 0 Å². The molecule has 0 unspecified atom stereocenters. The summed E-state index contributed by atoms with van der Waals surface area (Å²) in [5.41, 5.74) is 2.38. The summed E-state index contributed by atoms with van der Waals surface area (Å²) in [6.45, 7) is 8.35. The third-order valence-corrected chi connectivity index (χ3v) is 6.53. The van der Waals surface area contributed by atoms with Crippen LogP contribution < -0.4 is 10.1 Å². The van der Waals surface area contributed by atoms with E-state index >= 15 is 0 Å². The number of nitrogens with one attached hydrogen (secondary N) is 1. The smallest absolute Gasteiger partial charge is 0.234 e. The van der Waals surface area contributed by atoms with E-state index in [1.54, 1.807) is 24.3 Å². The Labute approximate surface area is 205 Å². The number of benzene rings is 2. The van der Waals surface area contributed by atoms with E-state index in [-0.39, 0.29) is 18.3 Å². The van der Waals surface area contributed by atoms with E-state index in [1.165, 1.54) is 11.8 Å². The van der Waals surface area contributed by atoms with Crippen molar-refractivity contribution < 1.29 is 9.53 Å². The zero-order chi connectivity index (χ0) is 23.3. The quantitative estimate of drug-likeness (QED) is 0.268. The predicted molar refractivity (Wildman–Crippen MR) is 131 cm³/mol. The molecule has 0 atom stereocenters. The number of aryl methyl sites for hydroxylation is 2. The SMILES string of the molecule is C=CCn1c(COc2cc(C)c(Cl)c(C)c2)nnc1SCC(=O)Nc1ccc(Cl)cc1Cl. The fourth-order valence-electron chi connectivity index (χ4n) is 2.89. The van der Waals surface area contributed by atoms with Crippen molar-refractivity contribution in [3.05, 3.63) is 75.0 Å². The number of ether oxygens (including phenoxy) is 1. The maximum absolute atomic E-state index is 12.4. The topological polar surface area (TPSA) is 69.0 Å². The molecule has 0 aliphatic rings. The zero-order valence-electron chi connectivity index (χ0n) is 17.5. The number of amides is 1. The highest BCUT2D eigenvalue weighted by Gasteiger charge is 2.15. The van der Waals surface area contributed by atoms with Crippen molar-refractivity contribution in [2.24, 2.45) is 0 Å². The first kappa shape index (κ1) is 24.5. The summed E-state index contributed by atoms with van der Waals surface area (Å²) in [4.78, 5) is 12.4. The van der Waals surface area contributed by atoms with Gasteiger partial charge in [0.1, 0.15) is 12.4 Å². The van der Waals surface area contributed by atoms with E-state index in [1.807, 2.05) is 30.5 Å². The summed E-state index contributed by atoms with van der Waals surface area (Å²) in [7, 11) is 0. The summed E-state index contributed by atoms with van der Waals surface area (Å²) >= 11 is 19.5. The molecule has 0 aliphatic carbocycles. The van der Waals surface area contributed by atoms with E-state index < -0.39 is 0 Å². The van der Waals surface area contributed by atoms with Gasteiger partial charge in [-0.2, -0.15) is 0 Å². The molecule has 0 aliphatic heterocycles. The number of allylic oxidation sites excluding steroid dienone is 1. The molecule has 168 valence electrons. The van der Waals surface area contributed by atoms with Crippen molar-refractivity contribution in [2.45, 2.75) is 32.2 Å². The standard InChI is InChI=1S/C22H21Cl3N4O2S/c1-4-7-29-19(11-31-16-8-13(2)21(25)14(3)9-16)27-28-22(29)32-12-20(30)26-18-6-5-15(23)10-17(18)24/h4-6,8-10H,1,7,11-12H2,2-3H3,(H,26,30). The molecule has 0 fully saturated rings. The van der Waals surface area contributed by atoms with Gasteiger partial charge in [-0.25, -0.2) is 0 Å². The van der Waals surface area contributed by atoms with Gasteiger partial charge in [-0.1, -0.05) is 52.6 Å². The second-order valence-electron chi connectivity index (χ2n) is 6.92. The van der Waals surface area contributed by atoms with Gasteiger partial charge >= 0.3 is 0 Å². The second kappa shape index (κ2) is 11.1. The van der Waals surface area contributed by atoms with Gasteiger partial charge in [0, 0.05) is 16.6 Å². The first-order valence-corrected chi connectivity index (χ1v) is 11.7. The number of aromatic nitrogens is 3. The fraction of sp³-hybridized carbons (Fsp3) is 0.227. The minimum Gasteiger partial charge on any atom is -0.486 e. The van der Waals surface area contributed by atoms with Crippen LogP contribution in [0.2, 0.25) is 15.1 Å². The van der Waals surface area contributed by atoms with Gasteiger partial charge in [-0.15, -0.1) is 16.8 Å². The molecule has 10 heteroatoms. The highest BCUT2D eigenvalue weighted by atomic mass is 35.5. The Bertz CT molecular complexity index is 1130. The van der Waals surface area contributed by atoms with Crippen LogP contribution in [0.5, 0.6) is 5.75 Å². The van der Waals surface area contributed by atoms with Crippen LogP contribution >= 0.6 is 46.6 Å². The van der Waals surface area contributed by atoms with Crippen LogP contribution in [-0.2, 0) is 17.9 Å². The van der Waals surface area contributed by atoms with E-state index in [9.17, 15) is 4.79 Å². The first-order valence-electron chi connectivity index (χ1n) is 9.58. The molecule has 0 saturated heterocycles. The largest absolute Gasteiger partial charge is 0.486 e. The Morgan fingerprint density at radius 1 is 1.19 bits per heavy atom. The Balaban J connectivity index is 1.65. The summed E-state index contributed by atoms with van der Waals surface area (Å²) < 4.78 is 7.76. The molecular formula is C22H21Cl3N4O2S. The van der Waals surface area contributed by atoms with Crippen molar-refractivity contribution in [1.29, 1.82) is 0 Å². The minimum atomic E-state index is -0.225. The zero-order valence-corrected chi connectivity index (χ0v) is 20.6.